The van der Waals surface area contributed by atoms with Crippen LogP contribution in [0.2, 0.25) is 0 Å². The van der Waals surface area contributed by atoms with Gasteiger partial charge in [-0.1, -0.05) is 35.5 Å². The van der Waals surface area contributed by atoms with Crippen molar-refractivity contribution in [2.75, 3.05) is 38.0 Å². The number of likely N-dealkylation sites (tertiary alicyclic amines) is 1. The first-order chi connectivity index (χ1) is 13.6. The average molecular weight is 384 g/mol. The van der Waals surface area contributed by atoms with E-state index in [4.69, 9.17) is 4.52 Å². The number of benzene rings is 1. The molecule has 0 bridgehead atoms. The van der Waals surface area contributed by atoms with E-state index in [1.165, 1.54) is 12.8 Å². The lowest BCUT2D eigenvalue weighted by Gasteiger charge is -2.25. The molecule has 7 heteroatoms. The Balaban J connectivity index is 1.56. The molecule has 2 aromatic rings. The molecule has 0 radical (unpaired) electrons. The van der Waals surface area contributed by atoms with Crippen LogP contribution in [-0.2, 0) is 16.0 Å². The van der Waals surface area contributed by atoms with Gasteiger partial charge in [-0.3, -0.25) is 9.59 Å². The number of nitrogens with one attached hydrogen (secondary N) is 1. The number of anilines is 1. The lowest BCUT2D eigenvalue weighted by Crippen LogP contribution is -2.42. The maximum absolute atomic E-state index is 12.8. The van der Waals surface area contributed by atoms with Gasteiger partial charge in [-0.25, -0.2) is 0 Å². The van der Waals surface area contributed by atoms with Gasteiger partial charge in [0.15, 0.2) is 5.82 Å². The van der Waals surface area contributed by atoms with Crippen molar-refractivity contribution in [3.05, 3.63) is 47.7 Å². The highest BCUT2D eigenvalue weighted by Gasteiger charge is 2.20. The Hall–Kier alpha value is -2.67. The Kier molecular flexibility index (Phi) is 7.19. The monoisotopic (exact) mass is 384 g/mol. The van der Waals surface area contributed by atoms with Crippen LogP contribution in [0.3, 0.4) is 0 Å². The fourth-order valence-electron chi connectivity index (χ4n) is 3.40. The van der Waals surface area contributed by atoms with Crippen molar-refractivity contribution in [3.63, 3.8) is 0 Å². The fraction of sp³-hybridized carbons (Fsp3) is 0.476. The van der Waals surface area contributed by atoms with Crippen LogP contribution in [0.4, 0.5) is 5.82 Å². The lowest BCUT2D eigenvalue weighted by molar-refractivity contribution is -0.134. The predicted octanol–water partition coefficient (Wildman–Crippen LogP) is 2.48. The minimum absolute atomic E-state index is 0.00506. The fourth-order valence-corrected chi connectivity index (χ4v) is 3.40. The van der Waals surface area contributed by atoms with E-state index < -0.39 is 0 Å². The lowest BCUT2D eigenvalue weighted by atomic mass is 10.1. The van der Waals surface area contributed by atoms with Crippen LogP contribution in [0.5, 0.6) is 0 Å². The van der Waals surface area contributed by atoms with Crippen LogP contribution < -0.4 is 5.32 Å². The normalized spacial score (nSPS) is 14.2. The Morgan fingerprint density at radius 1 is 1.21 bits per heavy atom. The number of amides is 2. The van der Waals surface area contributed by atoms with E-state index >= 15 is 0 Å². The van der Waals surface area contributed by atoms with Gasteiger partial charge >= 0.3 is 0 Å². The van der Waals surface area contributed by atoms with E-state index in [1.807, 2.05) is 30.3 Å². The number of nitrogens with zero attached hydrogens (tertiary/aromatic N) is 3. The van der Waals surface area contributed by atoms with Gasteiger partial charge in [-0.15, -0.1) is 0 Å². The van der Waals surface area contributed by atoms with Gasteiger partial charge in [-0.05, 0) is 44.8 Å². The second-order valence-electron chi connectivity index (χ2n) is 7.22. The van der Waals surface area contributed by atoms with E-state index in [1.54, 1.807) is 17.9 Å². The van der Waals surface area contributed by atoms with Crippen LogP contribution in [0, 0.1) is 6.92 Å². The van der Waals surface area contributed by atoms with E-state index in [2.05, 4.69) is 15.4 Å². The Morgan fingerprint density at radius 3 is 2.64 bits per heavy atom. The van der Waals surface area contributed by atoms with Crippen molar-refractivity contribution in [1.29, 1.82) is 0 Å². The third-order valence-corrected chi connectivity index (χ3v) is 4.94. The van der Waals surface area contributed by atoms with Crippen molar-refractivity contribution >= 4 is 17.6 Å². The molecule has 0 aliphatic carbocycles. The maximum atomic E-state index is 12.8. The van der Waals surface area contributed by atoms with Crippen molar-refractivity contribution < 1.29 is 14.1 Å². The van der Waals surface area contributed by atoms with Gasteiger partial charge in [0.05, 0.1) is 6.54 Å². The predicted molar refractivity (Wildman–Crippen MR) is 107 cm³/mol. The van der Waals surface area contributed by atoms with Crippen LogP contribution in [0.1, 0.15) is 30.6 Å². The molecule has 3 rings (SSSR count). The molecule has 1 aliphatic rings. The van der Waals surface area contributed by atoms with Gasteiger partial charge in [-0.2, -0.15) is 0 Å². The van der Waals surface area contributed by atoms with Gasteiger partial charge in [0.1, 0.15) is 5.76 Å². The van der Waals surface area contributed by atoms with Crippen molar-refractivity contribution in [2.24, 2.45) is 0 Å². The van der Waals surface area contributed by atoms with Gasteiger partial charge in [0.25, 0.3) is 0 Å². The van der Waals surface area contributed by atoms with Gasteiger partial charge < -0.3 is 19.6 Å². The number of aromatic nitrogens is 1. The molecule has 7 nitrogen and oxygen atoms in total. The van der Waals surface area contributed by atoms with Crippen molar-refractivity contribution in [2.45, 2.75) is 32.6 Å². The summed E-state index contributed by atoms with van der Waals surface area (Å²) in [6.45, 7) is 5.27. The number of aryl methyl sites for hydroxylation is 2. The molecule has 2 heterocycles. The van der Waals surface area contributed by atoms with Gasteiger partial charge in [0.2, 0.25) is 11.8 Å². The maximum Gasteiger partial charge on any atom is 0.245 e. The Bertz CT molecular complexity index is 769. The first-order valence-electron chi connectivity index (χ1n) is 9.87. The molecule has 0 unspecified atom stereocenters. The highest BCUT2D eigenvalue weighted by atomic mass is 16.5. The molecule has 1 aromatic heterocycles. The quantitative estimate of drug-likeness (QED) is 0.719. The molecule has 28 heavy (non-hydrogen) atoms. The van der Waals surface area contributed by atoms with Gasteiger partial charge in [0, 0.05) is 25.6 Å². The molecule has 0 spiro atoms. The summed E-state index contributed by atoms with van der Waals surface area (Å²) < 4.78 is 4.97. The second-order valence-corrected chi connectivity index (χ2v) is 7.22. The number of carbonyl (C=O) groups is 2. The Labute approximate surface area is 165 Å². The summed E-state index contributed by atoms with van der Waals surface area (Å²) in [7, 11) is 0. The third kappa shape index (κ3) is 6.20. The molecular formula is C21H28N4O3. The van der Waals surface area contributed by atoms with Crippen molar-refractivity contribution in [1.82, 2.24) is 15.0 Å². The Morgan fingerprint density at radius 2 is 1.96 bits per heavy atom. The summed E-state index contributed by atoms with van der Waals surface area (Å²) in [4.78, 5) is 29.2. The molecule has 0 atom stereocenters. The summed E-state index contributed by atoms with van der Waals surface area (Å²) >= 11 is 0. The van der Waals surface area contributed by atoms with Crippen LogP contribution in [0.15, 0.2) is 40.9 Å². The molecule has 1 saturated heterocycles. The van der Waals surface area contributed by atoms with Crippen LogP contribution in [-0.4, -0.2) is 59.5 Å². The first kappa shape index (κ1) is 20.1. The van der Waals surface area contributed by atoms with E-state index in [9.17, 15) is 9.59 Å². The minimum atomic E-state index is -0.261. The van der Waals surface area contributed by atoms with Crippen LogP contribution >= 0.6 is 0 Å². The molecule has 2 amide bonds. The topological polar surface area (TPSA) is 78.7 Å². The molecule has 0 saturated carbocycles. The van der Waals surface area contributed by atoms with E-state index in [0.717, 1.165) is 25.2 Å². The summed E-state index contributed by atoms with van der Waals surface area (Å²) in [6.07, 6.45) is 3.46. The standard InChI is InChI=1S/C21H28N4O3/c1-17-15-19(23-28-17)22-20(26)16-25(14-13-24-11-5-6-12-24)21(27)10-9-18-7-3-2-4-8-18/h2-4,7-8,15H,5-6,9-14,16H2,1H3,(H,22,23,26). The number of hydrogen-bond acceptors (Lipinski definition) is 5. The minimum Gasteiger partial charge on any atom is -0.360 e. The molecular weight excluding hydrogens is 356 g/mol. The molecule has 150 valence electrons. The number of hydrogen-bond donors (Lipinski definition) is 1. The zero-order valence-corrected chi connectivity index (χ0v) is 16.4. The summed E-state index contributed by atoms with van der Waals surface area (Å²) in [5, 5.41) is 6.47. The highest BCUT2D eigenvalue weighted by molar-refractivity contribution is 5.93. The summed E-state index contributed by atoms with van der Waals surface area (Å²) in [5.74, 6) is 0.733. The first-order valence-corrected chi connectivity index (χ1v) is 9.87. The average Bonchev–Trinajstić information content (AvgIpc) is 3.35. The largest absolute Gasteiger partial charge is 0.360 e. The number of rotatable bonds is 9. The zero-order chi connectivity index (χ0) is 19.8. The highest BCUT2D eigenvalue weighted by Crippen LogP contribution is 2.10. The smallest absolute Gasteiger partial charge is 0.245 e. The molecule has 1 N–H and O–H groups in total. The summed E-state index contributed by atoms with van der Waals surface area (Å²) in [5.41, 5.74) is 1.12. The zero-order valence-electron chi connectivity index (χ0n) is 16.4. The number of carbonyl (C=O) groups excluding carboxylic acids is 2. The molecule has 1 aliphatic heterocycles. The molecule has 1 aromatic carbocycles. The third-order valence-electron chi connectivity index (χ3n) is 4.94. The second kappa shape index (κ2) is 10.0. The van der Waals surface area contributed by atoms with Crippen LogP contribution in [0.25, 0.3) is 0 Å². The van der Waals surface area contributed by atoms with Crippen molar-refractivity contribution in [3.8, 4) is 0 Å². The van der Waals surface area contributed by atoms with E-state index in [-0.39, 0.29) is 18.4 Å². The molecule has 1 fully saturated rings. The van der Waals surface area contributed by atoms with E-state index in [0.29, 0.717) is 31.0 Å². The summed E-state index contributed by atoms with van der Waals surface area (Å²) in [6, 6.07) is 11.6. The SMILES string of the molecule is Cc1cc(NC(=O)CN(CCN2CCCC2)C(=O)CCc2ccccc2)no1.